The molecule has 5 nitrogen and oxygen atoms in total. The zero-order chi connectivity index (χ0) is 13.6. The van der Waals surface area contributed by atoms with Gasteiger partial charge in [-0.05, 0) is 37.8 Å². The van der Waals surface area contributed by atoms with Crippen LogP contribution < -0.4 is 10.2 Å². The molecule has 2 aliphatic rings. The first-order valence-corrected chi connectivity index (χ1v) is 7.47. The minimum absolute atomic E-state index is 0.343. The molecule has 1 N–H and O–H groups in total. The van der Waals surface area contributed by atoms with Crippen molar-refractivity contribution in [3.63, 3.8) is 0 Å². The van der Waals surface area contributed by atoms with Crippen molar-refractivity contribution in [1.82, 2.24) is 15.3 Å². The van der Waals surface area contributed by atoms with E-state index >= 15 is 0 Å². The molecule has 0 bridgehead atoms. The number of allylic oxidation sites excluding steroid dienone is 1. The molecule has 1 saturated heterocycles. The van der Waals surface area contributed by atoms with Crippen LogP contribution in [0, 0.1) is 0 Å². The molecule has 1 aromatic heterocycles. The highest BCUT2D eigenvalue weighted by molar-refractivity contribution is 5.29. The molecule has 1 fully saturated rings. The molecule has 0 radical (unpaired) electrons. The second kappa shape index (κ2) is 6.70. The maximum absolute atomic E-state index is 5.59. The molecule has 0 spiro atoms. The average Bonchev–Trinajstić information content (AvgIpc) is 2.55. The van der Waals surface area contributed by atoms with Crippen molar-refractivity contribution in [3.8, 4) is 0 Å². The highest BCUT2D eigenvalue weighted by atomic mass is 16.5. The molecule has 20 heavy (non-hydrogen) atoms. The van der Waals surface area contributed by atoms with Crippen molar-refractivity contribution < 1.29 is 4.74 Å². The van der Waals surface area contributed by atoms with E-state index in [1.54, 1.807) is 12.4 Å². The Labute approximate surface area is 120 Å². The van der Waals surface area contributed by atoms with Gasteiger partial charge in [-0.1, -0.05) is 0 Å². The van der Waals surface area contributed by atoms with Crippen LogP contribution in [0.4, 0.5) is 5.95 Å². The van der Waals surface area contributed by atoms with Crippen LogP contribution in [-0.2, 0) is 4.74 Å². The SMILES string of the molecule is C1=COC(CNC2CCN(c3ncccn3)CC2)CC1. The number of aromatic nitrogens is 2. The number of hydrogen-bond acceptors (Lipinski definition) is 5. The third kappa shape index (κ3) is 3.48. The second-order valence-corrected chi connectivity index (χ2v) is 5.43. The van der Waals surface area contributed by atoms with Crippen molar-refractivity contribution in [2.24, 2.45) is 0 Å². The van der Waals surface area contributed by atoms with Crippen molar-refractivity contribution in [2.75, 3.05) is 24.5 Å². The van der Waals surface area contributed by atoms with Gasteiger partial charge >= 0.3 is 0 Å². The maximum atomic E-state index is 5.59. The van der Waals surface area contributed by atoms with Crippen LogP contribution >= 0.6 is 0 Å². The third-order valence-corrected chi connectivity index (χ3v) is 3.99. The molecule has 2 aliphatic heterocycles. The maximum Gasteiger partial charge on any atom is 0.225 e. The number of nitrogens with zero attached hydrogens (tertiary/aromatic N) is 3. The summed E-state index contributed by atoms with van der Waals surface area (Å²) >= 11 is 0. The van der Waals surface area contributed by atoms with Gasteiger partial charge in [0.2, 0.25) is 5.95 Å². The fourth-order valence-electron chi connectivity index (χ4n) is 2.77. The van der Waals surface area contributed by atoms with Crippen LogP contribution in [0.25, 0.3) is 0 Å². The molecule has 0 saturated carbocycles. The molecule has 1 atom stereocenters. The lowest BCUT2D eigenvalue weighted by Crippen LogP contribution is -2.45. The molecule has 3 rings (SSSR count). The van der Waals surface area contributed by atoms with Crippen molar-refractivity contribution in [2.45, 2.75) is 37.8 Å². The fourth-order valence-corrected chi connectivity index (χ4v) is 2.77. The summed E-state index contributed by atoms with van der Waals surface area (Å²) in [7, 11) is 0. The van der Waals surface area contributed by atoms with E-state index in [9.17, 15) is 0 Å². The Hall–Kier alpha value is -1.62. The molecule has 0 amide bonds. The number of nitrogens with one attached hydrogen (secondary N) is 1. The predicted molar refractivity (Wildman–Crippen MR) is 78.5 cm³/mol. The lowest BCUT2D eigenvalue weighted by atomic mass is 10.0. The van der Waals surface area contributed by atoms with Crippen LogP contribution in [0.5, 0.6) is 0 Å². The summed E-state index contributed by atoms with van der Waals surface area (Å²) in [6.45, 7) is 3.00. The Morgan fingerprint density at radius 3 is 2.70 bits per heavy atom. The molecule has 1 unspecified atom stereocenters. The largest absolute Gasteiger partial charge is 0.497 e. The standard InChI is InChI=1S/C15H22N4O/c1-2-11-20-14(4-1)12-18-13-5-9-19(10-6-13)15-16-7-3-8-17-15/h2-3,7-8,11,13-14,18H,1,4-6,9-10,12H2. The summed E-state index contributed by atoms with van der Waals surface area (Å²) in [4.78, 5) is 10.9. The van der Waals surface area contributed by atoms with Crippen LogP contribution in [-0.4, -0.2) is 41.7 Å². The van der Waals surface area contributed by atoms with Gasteiger partial charge < -0.3 is 15.0 Å². The van der Waals surface area contributed by atoms with E-state index in [4.69, 9.17) is 4.74 Å². The normalized spacial score (nSPS) is 23.6. The summed E-state index contributed by atoms with van der Waals surface area (Å²) in [5.74, 6) is 0.853. The molecule has 1 aromatic rings. The molecule has 0 aliphatic carbocycles. The molecule has 3 heterocycles. The van der Waals surface area contributed by atoms with Gasteiger partial charge in [-0.2, -0.15) is 0 Å². The van der Waals surface area contributed by atoms with Crippen LogP contribution in [0.3, 0.4) is 0 Å². The highest BCUT2D eigenvalue weighted by Crippen LogP contribution is 2.16. The summed E-state index contributed by atoms with van der Waals surface area (Å²) < 4.78 is 5.59. The van der Waals surface area contributed by atoms with E-state index in [1.165, 1.54) is 0 Å². The van der Waals surface area contributed by atoms with Crippen molar-refractivity contribution in [1.29, 1.82) is 0 Å². The minimum Gasteiger partial charge on any atom is -0.497 e. The molecule has 5 heteroatoms. The van der Waals surface area contributed by atoms with Gasteiger partial charge in [0, 0.05) is 38.1 Å². The Balaban J connectivity index is 1.41. The Morgan fingerprint density at radius 2 is 2.00 bits per heavy atom. The zero-order valence-electron chi connectivity index (χ0n) is 11.7. The van der Waals surface area contributed by atoms with Crippen LogP contribution in [0.2, 0.25) is 0 Å². The smallest absolute Gasteiger partial charge is 0.225 e. The van der Waals surface area contributed by atoms with Gasteiger partial charge in [0.1, 0.15) is 6.10 Å². The highest BCUT2D eigenvalue weighted by Gasteiger charge is 2.21. The molecular weight excluding hydrogens is 252 g/mol. The van der Waals surface area contributed by atoms with Gasteiger partial charge in [0.05, 0.1) is 6.26 Å². The van der Waals surface area contributed by atoms with Gasteiger partial charge in [-0.3, -0.25) is 0 Å². The Morgan fingerprint density at radius 1 is 1.20 bits per heavy atom. The summed E-state index contributed by atoms with van der Waals surface area (Å²) in [6, 6.07) is 2.45. The molecular formula is C15H22N4O. The van der Waals surface area contributed by atoms with E-state index in [0.717, 1.165) is 51.3 Å². The van der Waals surface area contributed by atoms with E-state index in [2.05, 4.69) is 26.3 Å². The molecule has 0 aromatic carbocycles. The fraction of sp³-hybridized carbons (Fsp3) is 0.600. The first kappa shape index (κ1) is 13.4. The van der Waals surface area contributed by atoms with Crippen LogP contribution in [0.1, 0.15) is 25.7 Å². The second-order valence-electron chi connectivity index (χ2n) is 5.43. The zero-order valence-corrected chi connectivity index (χ0v) is 11.7. The average molecular weight is 274 g/mol. The first-order valence-electron chi connectivity index (χ1n) is 7.47. The van der Waals surface area contributed by atoms with Crippen molar-refractivity contribution in [3.05, 3.63) is 30.8 Å². The summed E-state index contributed by atoms with van der Waals surface area (Å²) in [5, 5.41) is 3.64. The number of hydrogen-bond donors (Lipinski definition) is 1. The number of anilines is 1. The predicted octanol–water partition coefficient (Wildman–Crippen LogP) is 1.73. The quantitative estimate of drug-likeness (QED) is 0.906. The minimum atomic E-state index is 0.343. The summed E-state index contributed by atoms with van der Waals surface area (Å²) in [5.41, 5.74) is 0. The number of ether oxygens (including phenoxy) is 1. The van der Waals surface area contributed by atoms with E-state index in [1.807, 2.05) is 12.3 Å². The lowest BCUT2D eigenvalue weighted by molar-refractivity contribution is 0.118. The molecule has 108 valence electrons. The van der Waals surface area contributed by atoms with Gasteiger partial charge in [0.15, 0.2) is 0 Å². The number of piperidine rings is 1. The first-order chi connectivity index (χ1) is 9.92. The van der Waals surface area contributed by atoms with Crippen molar-refractivity contribution >= 4 is 5.95 Å². The van der Waals surface area contributed by atoms with E-state index < -0.39 is 0 Å². The lowest BCUT2D eigenvalue weighted by Gasteiger charge is -2.33. The van der Waals surface area contributed by atoms with E-state index in [-0.39, 0.29) is 0 Å². The van der Waals surface area contributed by atoms with E-state index in [0.29, 0.717) is 12.1 Å². The van der Waals surface area contributed by atoms with Gasteiger partial charge in [-0.15, -0.1) is 0 Å². The Bertz CT molecular complexity index is 429. The Kier molecular flexibility index (Phi) is 4.48. The summed E-state index contributed by atoms with van der Waals surface area (Å²) in [6.07, 6.45) is 12.4. The monoisotopic (exact) mass is 274 g/mol. The van der Waals surface area contributed by atoms with Crippen LogP contribution in [0.15, 0.2) is 30.8 Å². The third-order valence-electron chi connectivity index (χ3n) is 3.99. The topological polar surface area (TPSA) is 50.3 Å². The number of rotatable bonds is 4. The van der Waals surface area contributed by atoms with Gasteiger partial charge in [0.25, 0.3) is 0 Å². The van der Waals surface area contributed by atoms with Gasteiger partial charge in [-0.25, -0.2) is 9.97 Å².